The predicted molar refractivity (Wildman–Crippen MR) is 75.5 cm³/mol. The summed E-state index contributed by atoms with van der Waals surface area (Å²) in [5.41, 5.74) is 0.375. The van der Waals surface area contributed by atoms with E-state index < -0.39 is 0 Å². The molecule has 1 atom stereocenters. The SMILES string of the molecule is CCC(CC(C)C)(CN(C)C)N1CCNCC1. The minimum absolute atomic E-state index is 0.375. The van der Waals surface area contributed by atoms with E-state index in [1.54, 1.807) is 0 Å². The molecule has 0 aromatic heterocycles. The molecule has 1 heterocycles. The molecule has 1 fully saturated rings. The maximum absolute atomic E-state index is 3.46. The van der Waals surface area contributed by atoms with Crippen LogP contribution in [0.4, 0.5) is 0 Å². The highest BCUT2D eigenvalue weighted by atomic mass is 15.3. The van der Waals surface area contributed by atoms with E-state index in [2.05, 4.69) is 50.0 Å². The number of nitrogens with one attached hydrogen (secondary N) is 1. The average molecular weight is 241 g/mol. The van der Waals surface area contributed by atoms with Crippen LogP contribution in [-0.2, 0) is 0 Å². The van der Waals surface area contributed by atoms with Gasteiger partial charge >= 0.3 is 0 Å². The zero-order valence-electron chi connectivity index (χ0n) is 12.4. The molecule has 0 bridgehead atoms. The first kappa shape index (κ1) is 14.9. The largest absolute Gasteiger partial charge is 0.314 e. The quantitative estimate of drug-likeness (QED) is 0.763. The van der Waals surface area contributed by atoms with Crippen molar-refractivity contribution >= 4 is 0 Å². The third-order valence-corrected chi connectivity index (χ3v) is 3.84. The second-order valence-electron chi connectivity index (χ2n) is 6.15. The molecule has 1 rings (SSSR count). The average Bonchev–Trinajstić information content (AvgIpc) is 2.28. The molecule has 1 aliphatic rings. The Kier molecular flexibility index (Phi) is 5.90. The van der Waals surface area contributed by atoms with E-state index in [1.165, 1.54) is 32.5 Å². The van der Waals surface area contributed by atoms with Gasteiger partial charge in [0.25, 0.3) is 0 Å². The summed E-state index contributed by atoms with van der Waals surface area (Å²) in [6, 6.07) is 0. The topological polar surface area (TPSA) is 18.5 Å². The third kappa shape index (κ3) is 4.23. The van der Waals surface area contributed by atoms with Gasteiger partial charge in [-0.3, -0.25) is 4.90 Å². The van der Waals surface area contributed by atoms with Crippen LogP contribution in [-0.4, -0.2) is 62.2 Å². The fraction of sp³-hybridized carbons (Fsp3) is 1.00. The lowest BCUT2D eigenvalue weighted by molar-refractivity contribution is 0.0287. The second kappa shape index (κ2) is 6.72. The molecular formula is C14H31N3. The standard InChI is InChI=1S/C14H31N3/c1-6-14(11-13(2)3,12-16(4)5)17-9-7-15-8-10-17/h13,15H,6-12H2,1-5H3. The Bertz CT molecular complexity index is 198. The highest BCUT2D eigenvalue weighted by Crippen LogP contribution is 2.29. The lowest BCUT2D eigenvalue weighted by Crippen LogP contribution is -2.60. The van der Waals surface area contributed by atoms with Crippen molar-refractivity contribution in [3.05, 3.63) is 0 Å². The van der Waals surface area contributed by atoms with E-state index in [4.69, 9.17) is 0 Å². The Morgan fingerprint density at radius 1 is 1.24 bits per heavy atom. The summed E-state index contributed by atoms with van der Waals surface area (Å²) in [6.07, 6.45) is 2.56. The van der Waals surface area contributed by atoms with Crippen molar-refractivity contribution in [1.82, 2.24) is 15.1 Å². The monoisotopic (exact) mass is 241 g/mol. The Morgan fingerprint density at radius 2 is 1.82 bits per heavy atom. The minimum atomic E-state index is 0.375. The predicted octanol–water partition coefficient (Wildman–Crippen LogP) is 1.65. The fourth-order valence-corrected chi connectivity index (χ4v) is 3.26. The molecule has 0 aromatic carbocycles. The van der Waals surface area contributed by atoms with Gasteiger partial charge in [0.2, 0.25) is 0 Å². The van der Waals surface area contributed by atoms with E-state index in [0.29, 0.717) is 5.54 Å². The first-order chi connectivity index (χ1) is 8.00. The van der Waals surface area contributed by atoms with Crippen LogP contribution in [0.2, 0.25) is 0 Å². The highest BCUT2D eigenvalue weighted by Gasteiger charge is 2.36. The molecule has 3 nitrogen and oxygen atoms in total. The van der Waals surface area contributed by atoms with Gasteiger partial charge in [0.1, 0.15) is 0 Å². The van der Waals surface area contributed by atoms with Gasteiger partial charge in [-0.2, -0.15) is 0 Å². The molecule has 3 heteroatoms. The van der Waals surface area contributed by atoms with Crippen LogP contribution in [0.5, 0.6) is 0 Å². The summed E-state index contributed by atoms with van der Waals surface area (Å²) in [5, 5.41) is 3.46. The molecule has 1 saturated heterocycles. The van der Waals surface area contributed by atoms with Gasteiger partial charge in [0, 0.05) is 38.3 Å². The maximum atomic E-state index is 3.46. The third-order valence-electron chi connectivity index (χ3n) is 3.84. The summed E-state index contributed by atoms with van der Waals surface area (Å²) < 4.78 is 0. The molecule has 0 saturated carbocycles. The Balaban J connectivity index is 2.79. The zero-order valence-corrected chi connectivity index (χ0v) is 12.4. The van der Waals surface area contributed by atoms with Gasteiger partial charge in [-0.1, -0.05) is 20.8 Å². The normalized spacial score (nSPS) is 22.1. The van der Waals surface area contributed by atoms with E-state index >= 15 is 0 Å². The number of rotatable bonds is 6. The van der Waals surface area contributed by atoms with Gasteiger partial charge in [-0.25, -0.2) is 0 Å². The van der Waals surface area contributed by atoms with Crippen LogP contribution >= 0.6 is 0 Å². The smallest absolute Gasteiger partial charge is 0.0337 e. The van der Waals surface area contributed by atoms with Gasteiger partial charge in [0.15, 0.2) is 0 Å². The van der Waals surface area contributed by atoms with E-state index in [0.717, 1.165) is 19.0 Å². The zero-order chi connectivity index (χ0) is 12.9. The Labute approximate surface area is 108 Å². The maximum Gasteiger partial charge on any atom is 0.0337 e. The Morgan fingerprint density at radius 3 is 2.24 bits per heavy atom. The molecule has 1 N–H and O–H groups in total. The van der Waals surface area contributed by atoms with Crippen molar-refractivity contribution in [1.29, 1.82) is 0 Å². The van der Waals surface area contributed by atoms with Gasteiger partial charge in [-0.15, -0.1) is 0 Å². The number of likely N-dealkylation sites (N-methyl/N-ethyl adjacent to an activating group) is 1. The van der Waals surface area contributed by atoms with E-state index in [1.807, 2.05) is 0 Å². The molecule has 1 unspecified atom stereocenters. The molecule has 0 radical (unpaired) electrons. The molecule has 0 spiro atoms. The number of piperazine rings is 1. The summed E-state index contributed by atoms with van der Waals surface area (Å²) in [6.45, 7) is 12.9. The first-order valence-electron chi connectivity index (χ1n) is 7.10. The van der Waals surface area contributed by atoms with Crippen molar-refractivity contribution in [2.45, 2.75) is 39.2 Å². The minimum Gasteiger partial charge on any atom is -0.314 e. The lowest BCUT2D eigenvalue weighted by atomic mass is 9.83. The van der Waals surface area contributed by atoms with Crippen LogP contribution < -0.4 is 5.32 Å². The summed E-state index contributed by atoms with van der Waals surface area (Å²) in [4.78, 5) is 5.08. The summed E-state index contributed by atoms with van der Waals surface area (Å²) in [7, 11) is 4.40. The number of hydrogen-bond acceptors (Lipinski definition) is 3. The lowest BCUT2D eigenvalue weighted by Gasteiger charge is -2.48. The number of hydrogen-bond donors (Lipinski definition) is 1. The van der Waals surface area contributed by atoms with Gasteiger partial charge in [-0.05, 0) is 32.9 Å². The van der Waals surface area contributed by atoms with E-state index in [9.17, 15) is 0 Å². The van der Waals surface area contributed by atoms with Crippen LogP contribution in [0.1, 0.15) is 33.6 Å². The molecule has 0 aromatic rings. The highest BCUT2D eigenvalue weighted by molar-refractivity contribution is 4.94. The molecule has 0 amide bonds. The van der Waals surface area contributed by atoms with Crippen molar-refractivity contribution in [3.63, 3.8) is 0 Å². The number of nitrogens with zero attached hydrogens (tertiary/aromatic N) is 2. The van der Waals surface area contributed by atoms with Gasteiger partial charge in [0.05, 0.1) is 0 Å². The Hall–Kier alpha value is -0.120. The van der Waals surface area contributed by atoms with Crippen molar-refractivity contribution in [3.8, 4) is 0 Å². The summed E-state index contributed by atoms with van der Waals surface area (Å²) in [5.74, 6) is 0.768. The first-order valence-corrected chi connectivity index (χ1v) is 7.10. The van der Waals surface area contributed by atoms with Crippen molar-refractivity contribution in [2.75, 3.05) is 46.8 Å². The van der Waals surface area contributed by atoms with Crippen LogP contribution in [0.25, 0.3) is 0 Å². The van der Waals surface area contributed by atoms with E-state index in [-0.39, 0.29) is 0 Å². The van der Waals surface area contributed by atoms with Gasteiger partial charge < -0.3 is 10.2 Å². The van der Waals surface area contributed by atoms with Crippen LogP contribution in [0.3, 0.4) is 0 Å². The second-order valence-corrected chi connectivity index (χ2v) is 6.15. The van der Waals surface area contributed by atoms with Crippen molar-refractivity contribution < 1.29 is 0 Å². The molecule has 102 valence electrons. The van der Waals surface area contributed by atoms with Crippen LogP contribution in [0.15, 0.2) is 0 Å². The molecule has 0 aliphatic carbocycles. The summed E-state index contributed by atoms with van der Waals surface area (Å²) >= 11 is 0. The molecule has 17 heavy (non-hydrogen) atoms. The van der Waals surface area contributed by atoms with Crippen LogP contribution in [0, 0.1) is 5.92 Å². The molecular weight excluding hydrogens is 210 g/mol. The van der Waals surface area contributed by atoms with Crippen molar-refractivity contribution in [2.24, 2.45) is 5.92 Å². The fourth-order valence-electron chi connectivity index (χ4n) is 3.26. The molecule has 1 aliphatic heterocycles.